The van der Waals surface area contributed by atoms with E-state index in [1.807, 2.05) is 34.0 Å². The van der Waals surface area contributed by atoms with E-state index in [0.29, 0.717) is 0 Å². The van der Waals surface area contributed by atoms with Gasteiger partial charge in [0.25, 0.3) is 0 Å². The second-order valence-corrected chi connectivity index (χ2v) is 38.7. The summed E-state index contributed by atoms with van der Waals surface area (Å²) in [6.45, 7) is 0. The molecular formula is C128H77N3O3S3. The van der Waals surface area contributed by atoms with E-state index < -0.39 is 0 Å². The molecule has 0 saturated carbocycles. The number of aromatic nitrogens is 3. The maximum Gasteiger partial charge on any atom is 0.143 e. The highest BCUT2D eigenvalue weighted by Gasteiger charge is 2.27. The lowest BCUT2D eigenvalue weighted by molar-refractivity contribution is 0.669. The molecule has 30 aromatic rings. The fourth-order valence-electron chi connectivity index (χ4n) is 21.6. The Hall–Kier alpha value is -17.2. The molecule has 30 rings (SSSR count). The molecule has 137 heavy (non-hydrogen) atoms. The third kappa shape index (κ3) is 12.8. The summed E-state index contributed by atoms with van der Waals surface area (Å²) < 4.78 is 34.6. The molecule has 0 fully saturated rings. The molecule has 0 aliphatic heterocycles. The molecule has 9 heterocycles. The Kier molecular flexibility index (Phi) is 18.2. The van der Waals surface area contributed by atoms with Gasteiger partial charge in [-0.1, -0.05) is 322 Å². The van der Waals surface area contributed by atoms with E-state index in [9.17, 15) is 0 Å². The Bertz CT molecular complexity index is 10100. The van der Waals surface area contributed by atoms with Gasteiger partial charge in [0, 0.05) is 101 Å². The van der Waals surface area contributed by atoms with E-state index in [2.05, 4.69) is 481 Å². The molecule has 6 nitrogen and oxygen atoms in total. The van der Waals surface area contributed by atoms with Crippen LogP contribution in [0.15, 0.2) is 480 Å². The number of rotatable bonds is 10. The van der Waals surface area contributed by atoms with Gasteiger partial charge in [0.15, 0.2) is 0 Å². The first-order valence-corrected chi connectivity index (χ1v) is 48.9. The summed E-state index contributed by atoms with van der Waals surface area (Å²) in [7, 11) is 0. The molecule has 0 aliphatic carbocycles. The van der Waals surface area contributed by atoms with Gasteiger partial charge in [-0.3, -0.25) is 0 Å². The van der Waals surface area contributed by atoms with Crippen LogP contribution >= 0.6 is 34.0 Å². The second-order valence-electron chi connectivity index (χ2n) is 35.5. The van der Waals surface area contributed by atoms with E-state index in [-0.39, 0.29) is 0 Å². The lowest BCUT2D eigenvalue weighted by Gasteiger charge is -2.11. The van der Waals surface area contributed by atoms with Crippen LogP contribution in [0.2, 0.25) is 0 Å². The van der Waals surface area contributed by atoms with Gasteiger partial charge in [-0.2, -0.15) is 0 Å². The van der Waals surface area contributed by atoms with Crippen LogP contribution in [-0.4, -0.2) is 13.7 Å². The number of furan rings is 3. The molecule has 0 aliphatic rings. The molecule has 0 N–H and O–H groups in total. The minimum absolute atomic E-state index is 0.905. The number of nitrogens with zero attached hydrogens (tertiary/aromatic N) is 3. The van der Waals surface area contributed by atoms with Gasteiger partial charge in [0.2, 0.25) is 0 Å². The number of thiophene rings is 3. The summed E-state index contributed by atoms with van der Waals surface area (Å²) in [5.74, 6) is 0. The molecular weight excluding hydrogens is 1720 g/mol. The van der Waals surface area contributed by atoms with Crippen molar-refractivity contribution in [2.75, 3.05) is 0 Å². The van der Waals surface area contributed by atoms with Crippen LogP contribution in [0.4, 0.5) is 0 Å². The van der Waals surface area contributed by atoms with Crippen LogP contribution < -0.4 is 0 Å². The molecule has 9 heteroatoms. The van der Waals surface area contributed by atoms with Crippen LogP contribution in [-0.2, 0) is 0 Å². The van der Waals surface area contributed by atoms with E-state index in [0.717, 1.165) is 82.7 Å². The van der Waals surface area contributed by atoms with Crippen LogP contribution in [0.1, 0.15) is 0 Å². The van der Waals surface area contributed by atoms with E-state index >= 15 is 0 Å². The van der Waals surface area contributed by atoms with Crippen molar-refractivity contribution in [3.63, 3.8) is 0 Å². The number of para-hydroxylation sites is 7. The highest BCUT2D eigenvalue weighted by atomic mass is 32.1. The van der Waals surface area contributed by atoms with Crippen molar-refractivity contribution >= 4 is 215 Å². The van der Waals surface area contributed by atoms with Crippen LogP contribution in [0.3, 0.4) is 0 Å². The predicted octanol–water partition coefficient (Wildman–Crippen LogP) is 37.7. The predicted molar refractivity (Wildman–Crippen MR) is 583 cm³/mol. The summed E-state index contributed by atoms with van der Waals surface area (Å²) >= 11 is 5.66. The highest BCUT2D eigenvalue weighted by molar-refractivity contribution is 7.27. The summed E-state index contributed by atoms with van der Waals surface area (Å²) in [6.07, 6.45) is 0. The van der Waals surface area contributed by atoms with Gasteiger partial charge in [-0.05, 0) is 239 Å². The van der Waals surface area contributed by atoms with E-state index in [1.165, 1.54) is 193 Å². The number of hydrogen-bond acceptors (Lipinski definition) is 6. The average molecular weight is 1800 g/mol. The van der Waals surface area contributed by atoms with E-state index in [1.54, 1.807) is 0 Å². The largest absolute Gasteiger partial charge is 0.456 e. The molecule has 0 bridgehead atoms. The van der Waals surface area contributed by atoms with Crippen LogP contribution in [0, 0.1) is 0 Å². The standard InChI is InChI=1S/C44H27NOS.2C42H25NOS/c1-3-12-28(13-4-1)34-20-10-21-36-41-33(19-11-23-39(41)46-43(34)36)31-15-9-14-29(26-31)30-24-25-40-37(27-30)42-44(47-40)35-18-7-8-22-38(35)45(42)32-16-5-2-6-17-32;1-2-13-30(14-3-1)43-35-18-7-6-16-33(35)42-41(43)40-32(17-9-19-38(40)45-42)29-12-8-11-27(24-29)28-20-22-34-37(25-28)44-36-23-21-26-10-4-5-15-31(26)39(34)36;1-2-14-31(15-3-1)43-36-18-7-6-16-34(36)42-41(43)40-32(17-9-19-39(40)45-42)30-13-8-12-26(22-30)29-20-21-33-35-23-27-10-4-5-11-28(27)24-38(35)44-37(33)25-29/h1-27H;2*1-25H. The quantitative estimate of drug-likeness (QED) is 0.137. The second kappa shape index (κ2) is 31.8. The monoisotopic (exact) mass is 1800 g/mol. The SMILES string of the molecule is c1ccc(-c2cccc3c2oc2cccc(-c4cccc(-c5ccc6sc7c8ccccc8n(-c8ccccc8)c7c6c5)c4)c23)cc1.c1ccc(-n2c3ccccc3c3sc4cccc(-c5cccc(-c6ccc7c(c6)oc6cc8ccccc8cc67)c5)c4c32)cc1.c1ccc(-n2c3ccccc3c3sc4cccc(-c5cccc(-c6ccc7c(c6)oc6ccc8ccccc8c67)c5)c4c32)cc1. The summed E-state index contributed by atoms with van der Waals surface area (Å²) in [5, 5.41) is 19.6. The summed E-state index contributed by atoms with van der Waals surface area (Å²) in [5.41, 5.74) is 33.2. The zero-order valence-corrected chi connectivity index (χ0v) is 76.2. The minimum atomic E-state index is 0.905. The Morgan fingerprint density at radius 2 is 0.547 bits per heavy atom. The molecule has 9 aromatic heterocycles. The molecule has 0 spiro atoms. The molecule has 0 unspecified atom stereocenters. The minimum Gasteiger partial charge on any atom is -0.456 e. The van der Waals surface area contributed by atoms with Gasteiger partial charge in [0.05, 0.1) is 47.2 Å². The van der Waals surface area contributed by atoms with Crippen molar-refractivity contribution in [2.45, 2.75) is 0 Å². The van der Waals surface area contributed by atoms with Crippen LogP contribution in [0.25, 0.3) is 276 Å². The Morgan fingerprint density at radius 3 is 1.12 bits per heavy atom. The van der Waals surface area contributed by atoms with Crippen molar-refractivity contribution in [1.29, 1.82) is 0 Å². The lowest BCUT2D eigenvalue weighted by Crippen LogP contribution is -1.93. The van der Waals surface area contributed by atoms with Crippen molar-refractivity contribution in [1.82, 2.24) is 13.7 Å². The Labute approximate surface area is 797 Å². The fraction of sp³-hybridized carbons (Fsp3) is 0. The molecule has 640 valence electrons. The van der Waals surface area contributed by atoms with Crippen LogP contribution in [0.5, 0.6) is 0 Å². The number of hydrogen-bond donors (Lipinski definition) is 0. The number of fused-ring (bicyclic) bond motifs is 27. The highest BCUT2D eigenvalue weighted by Crippen LogP contribution is 2.52. The van der Waals surface area contributed by atoms with Gasteiger partial charge < -0.3 is 27.0 Å². The van der Waals surface area contributed by atoms with E-state index in [4.69, 9.17) is 13.3 Å². The van der Waals surface area contributed by atoms with Crippen molar-refractivity contribution in [3.05, 3.63) is 467 Å². The first-order chi connectivity index (χ1) is 67.9. The lowest BCUT2D eigenvalue weighted by atomic mass is 9.95. The first kappa shape index (κ1) is 78.5. The molecule has 0 atom stereocenters. The normalized spacial score (nSPS) is 11.9. The summed E-state index contributed by atoms with van der Waals surface area (Å²) in [4.78, 5) is 0. The zero-order chi connectivity index (χ0) is 89.9. The Balaban J connectivity index is 0.000000102. The average Bonchev–Trinajstić information content (AvgIpc) is 1.56. The van der Waals surface area contributed by atoms with Gasteiger partial charge >= 0.3 is 0 Å². The molecule has 21 aromatic carbocycles. The molecule has 0 amide bonds. The smallest absolute Gasteiger partial charge is 0.143 e. The van der Waals surface area contributed by atoms with Crippen molar-refractivity contribution in [2.24, 2.45) is 0 Å². The third-order valence-corrected chi connectivity index (χ3v) is 31.3. The maximum absolute atomic E-state index is 6.57. The fourth-order valence-corrected chi connectivity index (χ4v) is 25.3. The zero-order valence-electron chi connectivity index (χ0n) is 73.7. The topological polar surface area (TPSA) is 54.2 Å². The Morgan fingerprint density at radius 1 is 0.168 bits per heavy atom. The maximum atomic E-state index is 6.57. The van der Waals surface area contributed by atoms with Gasteiger partial charge in [-0.15, -0.1) is 34.0 Å². The molecule has 0 saturated heterocycles. The third-order valence-electron chi connectivity index (χ3n) is 27.8. The number of benzene rings is 21. The summed E-state index contributed by atoms with van der Waals surface area (Å²) in [6, 6.07) is 168. The van der Waals surface area contributed by atoms with Crippen molar-refractivity contribution < 1.29 is 13.3 Å². The van der Waals surface area contributed by atoms with Gasteiger partial charge in [-0.25, -0.2) is 0 Å². The van der Waals surface area contributed by atoms with Crippen molar-refractivity contribution in [3.8, 4) is 95.0 Å². The van der Waals surface area contributed by atoms with Gasteiger partial charge in [0.1, 0.15) is 33.5 Å². The molecule has 0 radical (unpaired) electrons. The first-order valence-electron chi connectivity index (χ1n) is 46.5.